The molecule has 3 nitrogen and oxygen atoms in total. The first-order valence-electron chi connectivity index (χ1n) is 6.04. The minimum absolute atomic E-state index is 0.603. The van der Waals surface area contributed by atoms with Gasteiger partial charge in [-0.2, -0.15) is 0 Å². The normalized spacial score (nSPS) is 10.2. The molecular weight excluding hydrogens is 297 g/mol. The molecule has 106 valence electrons. The largest absolute Gasteiger partial charge is 0.493 e. The van der Waals surface area contributed by atoms with Gasteiger partial charge in [0.05, 0.1) is 14.2 Å². The van der Waals surface area contributed by atoms with Crippen molar-refractivity contribution in [3.8, 4) is 11.5 Å². The van der Waals surface area contributed by atoms with Crippen molar-refractivity contribution in [1.82, 2.24) is 0 Å². The first-order valence-corrected chi connectivity index (χ1v) is 6.79. The molecule has 1 N–H and O–H groups in total. The van der Waals surface area contributed by atoms with Crippen molar-refractivity contribution < 1.29 is 9.47 Å². The zero-order valence-electron chi connectivity index (χ0n) is 11.2. The molecule has 0 amide bonds. The van der Waals surface area contributed by atoms with Gasteiger partial charge in [-0.1, -0.05) is 29.3 Å². The number of benzene rings is 2. The highest BCUT2D eigenvalue weighted by atomic mass is 35.5. The summed E-state index contributed by atoms with van der Waals surface area (Å²) < 4.78 is 10.5. The summed E-state index contributed by atoms with van der Waals surface area (Å²) >= 11 is 12.0. The van der Waals surface area contributed by atoms with E-state index < -0.39 is 0 Å². The second kappa shape index (κ2) is 6.73. The zero-order valence-corrected chi connectivity index (χ0v) is 12.8. The van der Waals surface area contributed by atoms with Gasteiger partial charge in [0.25, 0.3) is 0 Å². The lowest BCUT2D eigenvalue weighted by Crippen LogP contribution is -2.01. The molecule has 0 saturated heterocycles. The fraction of sp³-hybridized carbons (Fsp3) is 0.200. The fourth-order valence-corrected chi connectivity index (χ4v) is 2.28. The van der Waals surface area contributed by atoms with Crippen LogP contribution in [0.1, 0.15) is 5.56 Å². The Morgan fingerprint density at radius 1 is 0.950 bits per heavy atom. The molecule has 0 aliphatic rings. The molecule has 0 radical (unpaired) electrons. The number of methoxy groups -OCH3 is 2. The third-order valence-corrected chi connectivity index (χ3v) is 3.47. The molecule has 20 heavy (non-hydrogen) atoms. The zero-order chi connectivity index (χ0) is 14.5. The van der Waals surface area contributed by atoms with Gasteiger partial charge in [0.15, 0.2) is 11.5 Å². The number of halogens is 2. The molecule has 5 heteroatoms. The van der Waals surface area contributed by atoms with Crippen molar-refractivity contribution in [3.05, 3.63) is 52.0 Å². The van der Waals surface area contributed by atoms with E-state index in [1.807, 2.05) is 30.3 Å². The van der Waals surface area contributed by atoms with Gasteiger partial charge in [0.1, 0.15) is 0 Å². The molecule has 0 unspecified atom stereocenters. The summed E-state index contributed by atoms with van der Waals surface area (Å²) in [6, 6.07) is 11.1. The molecule has 2 aromatic rings. The SMILES string of the molecule is COc1ccc(NCc2ccc(Cl)cc2Cl)cc1OC. The average molecular weight is 312 g/mol. The predicted octanol–water partition coefficient (Wildman–Crippen LogP) is 4.62. The molecule has 0 atom stereocenters. The predicted molar refractivity (Wildman–Crippen MR) is 83.3 cm³/mol. The van der Waals surface area contributed by atoms with Gasteiger partial charge < -0.3 is 14.8 Å². The van der Waals surface area contributed by atoms with E-state index >= 15 is 0 Å². The standard InChI is InChI=1S/C15H15Cl2NO2/c1-19-14-6-5-12(8-15(14)20-2)18-9-10-3-4-11(16)7-13(10)17/h3-8,18H,9H2,1-2H3. The summed E-state index contributed by atoms with van der Waals surface area (Å²) in [5, 5.41) is 4.56. The van der Waals surface area contributed by atoms with Crippen LogP contribution < -0.4 is 14.8 Å². The lowest BCUT2D eigenvalue weighted by atomic mass is 10.2. The van der Waals surface area contributed by atoms with Crippen LogP contribution in [0.4, 0.5) is 5.69 Å². The first kappa shape index (κ1) is 14.8. The molecule has 0 saturated carbocycles. The molecule has 0 fully saturated rings. The first-order chi connectivity index (χ1) is 9.63. The highest BCUT2D eigenvalue weighted by molar-refractivity contribution is 6.35. The number of hydrogen-bond donors (Lipinski definition) is 1. The lowest BCUT2D eigenvalue weighted by molar-refractivity contribution is 0.355. The van der Waals surface area contributed by atoms with E-state index in [0.29, 0.717) is 28.1 Å². The van der Waals surface area contributed by atoms with Crippen molar-refractivity contribution in [3.63, 3.8) is 0 Å². The minimum Gasteiger partial charge on any atom is -0.493 e. The van der Waals surface area contributed by atoms with Crippen LogP contribution in [0.15, 0.2) is 36.4 Å². The minimum atomic E-state index is 0.603. The molecule has 0 aliphatic heterocycles. The van der Waals surface area contributed by atoms with Gasteiger partial charge in [0, 0.05) is 28.3 Å². The van der Waals surface area contributed by atoms with E-state index in [-0.39, 0.29) is 0 Å². The maximum atomic E-state index is 6.13. The second-order valence-electron chi connectivity index (χ2n) is 4.16. The van der Waals surface area contributed by atoms with Gasteiger partial charge in [0.2, 0.25) is 0 Å². The molecule has 2 rings (SSSR count). The van der Waals surface area contributed by atoms with Crippen LogP contribution in [0.2, 0.25) is 10.0 Å². The van der Waals surface area contributed by atoms with Gasteiger partial charge >= 0.3 is 0 Å². The number of hydrogen-bond acceptors (Lipinski definition) is 3. The van der Waals surface area contributed by atoms with E-state index in [0.717, 1.165) is 11.3 Å². The Morgan fingerprint density at radius 3 is 2.35 bits per heavy atom. The van der Waals surface area contributed by atoms with Crippen molar-refractivity contribution >= 4 is 28.9 Å². The van der Waals surface area contributed by atoms with E-state index in [2.05, 4.69) is 5.32 Å². The Balaban J connectivity index is 2.10. The molecular formula is C15H15Cl2NO2. The van der Waals surface area contributed by atoms with Crippen molar-refractivity contribution in [2.45, 2.75) is 6.54 Å². The van der Waals surface area contributed by atoms with Crippen LogP contribution in [0.5, 0.6) is 11.5 Å². The van der Waals surface area contributed by atoms with E-state index in [1.165, 1.54) is 0 Å². The summed E-state index contributed by atoms with van der Waals surface area (Å²) in [5.41, 5.74) is 1.90. The highest BCUT2D eigenvalue weighted by Gasteiger charge is 2.05. The average Bonchev–Trinajstić information content (AvgIpc) is 2.46. The summed E-state index contributed by atoms with van der Waals surface area (Å²) in [5.74, 6) is 1.38. The number of anilines is 1. The highest BCUT2D eigenvalue weighted by Crippen LogP contribution is 2.30. The monoisotopic (exact) mass is 311 g/mol. The Bertz CT molecular complexity index is 602. The number of rotatable bonds is 5. The van der Waals surface area contributed by atoms with Gasteiger partial charge in [-0.3, -0.25) is 0 Å². The van der Waals surface area contributed by atoms with Crippen LogP contribution in [-0.4, -0.2) is 14.2 Å². The molecule has 0 spiro atoms. The Morgan fingerprint density at radius 2 is 1.70 bits per heavy atom. The quantitative estimate of drug-likeness (QED) is 0.873. The van der Waals surface area contributed by atoms with E-state index in [1.54, 1.807) is 20.3 Å². The van der Waals surface area contributed by atoms with Crippen LogP contribution >= 0.6 is 23.2 Å². The molecule has 0 heterocycles. The third kappa shape index (κ3) is 3.50. The fourth-order valence-electron chi connectivity index (χ4n) is 1.81. The summed E-state index contributed by atoms with van der Waals surface area (Å²) in [6.45, 7) is 0.603. The summed E-state index contributed by atoms with van der Waals surface area (Å²) in [7, 11) is 3.22. The summed E-state index contributed by atoms with van der Waals surface area (Å²) in [6.07, 6.45) is 0. The number of ether oxygens (including phenoxy) is 2. The second-order valence-corrected chi connectivity index (χ2v) is 5.00. The van der Waals surface area contributed by atoms with Crippen LogP contribution in [-0.2, 0) is 6.54 Å². The van der Waals surface area contributed by atoms with Gasteiger partial charge in [-0.15, -0.1) is 0 Å². The Labute approximate surface area is 128 Å². The van der Waals surface area contributed by atoms with Crippen molar-refractivity contribution in [2.75, 3.05) is 19.5 Å². The van der Waals surface area contributed by atoms with Crippen LogP contribution in [0, 0.1) is 0 Å². The van der Waals surface area contributed by atoms with Crippen LogP contribution in [0.25, 0.3) is 0 Å². The topological polar surface area (TPSA) is 30.5 Å². The third-order valence-electron chi connectivity index (χ3n) is 2.88. The van der Waals surface area contributed by atoms with Crippen molar-refractivity contribution in [2.24, 2.45) is 0 Å². The molecule has 0 bridgehead atoms. The summed E-state index contributed by atoms with van der Waals surface area (Å²) in [4.78, 5) is 0. The lowest BCUT2D eigenvalue weighted by Gasteiger charge is -2.12. The smallest absolute Gasteiger partial charge is 0.162 e. The van der Waals surface area contributed by atoms with E-state index in [9.17, 15) is 0 Å². The molecule has 0 aromatic heterocycles. The maximum Gasteiger partial charge on any atom is 0.162 e. The molecule has 2 aromatic carbocycles. The Hall–Kier alpha value is -1.58. The maximum absolute atomic E-state index is 6.13. The van der Waals surface area contributed by atoms with Gasteiger partial charge in [-0.25, -0.2) is 0 Å². The van der Waals surface area contributed by atoms with Crippen LogP contribution in [0.3, 0.4) is 0 Å². The van der Waals surface area contributed by atoms with Gasteiger partial charge in [-0.05, 0) is 29.8 Å². The van der Waals surface area contributed by atoms with Crippen molar-refractivity contribution in [1.29, 1.82) is 0 Å². The molecule has 0 aliphatic carbocycles. The number of nitrogens with one attached hydrogen (secondary N) is 1. The Kier molecular flexibility index (Phi) is 4.99. The van der Waals surface area contributed by atoms with E-state index in [4.69, 9.17) is 32.7 Å².